The van der Waals surface area contributed by atoms with Gasteiger partial charge in [0.1, 0.15) is 0 Å². The number of hydrogen-bond donors (Lipinski definition) is 1. The first-order valence-electron chi connectivity index (χ1n) is 10.4. The molecule has 2 N–H and O–H groups in total. The van der Waals surface area contributed by atoms with E-state index in [9.17, 15) is 9.59 Å². The number of benzene rings is 2. The number of para-hydroxylation sites is 2. The molecule has 2 atom stereocenters. The molecule has 29 heavy (non-hydrogen) atoms. The van der Waals surface area contributed by atoms with Gasteiger partial charge in [0.15, 0.2) is 0 Å². The molecule has 1 aliphatic rings. The Bertz CT molecular complexity index is 1050. The number of nitrogens with zero attached hydrogens (tertiary/aromatic N) is 3. The molecule has 0 saturated carbocycles. The first-order valence-corrected chi connectivity index (χ1v) is 10.4. The van der Waals surface area contributed by atoms with Gasteiger partial charge >= 0.3 is 5.69 Å². The van der Waals surface area contributed by atoms with Gasteiger partial charge in [-0.25, -0.2) is 4.79 Å². The SMILES string of the molecule is CCCn1c(=O)n(CCC(=O)N2C[C@@H](N)[C@H](c3ccccc3)C2)c2ccccc21. The highest BCUT2D eigenvalue weighted by atomic mass is 16.2. The molecule has 3 aromatic rings. The zero-order chi connectivity index (χ0) is 20.4. The van der Waals surface area contributed by atoms with E-state index in [1.807, 2.05) is 47.4 Å². The van der Waals surface area contributed by atoms with Crippen LogP contribution in [-0.4, -0.2) is 39.1 Å². The van der Waals surface area contributed by atoms with E-state index in [-0.39, 0.29) is 23.6 Å². The lowest BCUT2D eigenvalue weighted by atomic mass is 9.95. The molecule has 0 unspecified atom stereocenters. The van der Waals surface area contributed by atoms with Crippen LogP contribution >= 0.6 is 0 Å². The Hall–Kier alpha value is -2.86. The molecule has 1 amide bonds. The van der Waals surface area contributed by atoms with Crippen LogP contribution in [0.4, 0.5) is 0 Å². The predicted octanol–water partition coefficient (Wildman–Crippen LogP) is 2.56. The topological polar surface area (TPSA) is 73.3 Å². The number of hydrogen-bond acceptors (Lipinski definition) is 3. The first-order chi connectivity index (χ1) is 14.1. The second-order valence-corrected chi connectivity index (χ2v) is 7.80. The second kappa shape index (κ2) is 8.25. The van der Waals surface area contributed by atoms with Gasteiger partial charge in [-0.3, -0.25) is 13.9 Å². The van der Waals surface area contributed by atoms with E-state index in [2.05, 4.69) is 19.1 Å². The summed E-state index contributed by atoms with van der Waals surface area (Å²) in [6.07, 6.45) is 1.19. The largest absolute Gasteiger partial charge is 0.340 e. The first kappa shape index (κ1) is 19.5. The lowest BCUT2D eigenvalue weighted by Crippen LogP contribution is -2.33. The number of carbonyl (C=O) groups excluding carboxylic acids is 1. The van der Waals surface area contributed by atoms with Crippen LogP contribution in [0.3, 0.4) is 0 Å². The fourth-order valence-corrected chi connectivity index (χ4v) is 4.38. The van der Waals surface area contributed by atoms with Crippen molar-refractivity contribution in [2.45, 2.75) is 44.8 Å². The zero-order valence-electron chi connectivity index (χ0n) is 16.8. The van der Waals surface area contributed by atoms with Crippen molar-refractivity contribution < 1.29 is 4.79 Å². The Kier molecular flexibility index (Phi) is 5.53. The summed E-state index contributed by atoms with van der Waals surface area (Å²) in [7, 11) is 0. The van der Waals surface area contributed by atoms with Crippen molar-refractivity contribution in [3.05, 3.63) is 70.6 Å². The highest BCUT2D eigenvalue weighted by Crippen LogP contribution is 2.26. The average Bonchev–Trinajstić information content (AvgIpc) is 3.26. The Morgan fingerprint density at radius 3 is 2.24 bits per heavy atom. The van der Waals surface area contributed by atoms with E-state index in [1.54, 1.807) is 9.13 Å². The van der Waals surface area contributed by atoms with Gasteiger partial charge in [0.2, 0.25) is 5.91 Å². The minimum absolute atomic E-state index is 0.0406. The maximum absolute atomic E-state index is 12.9. The van der Waals surface area contributed by atoms with Crippen LogP contribution < -0.4 is 11.4 Å². The van der Waals surface area contributed by atoms with Crippen LogP contribution in [0, 0.1) is 0 Å². The van der Waals surface area contributed by atoms with E-state index in [0.29, 0.717) is 32.6 Å². The van der Waals surface area contributed by atoms with Gasteiger partial charge < -0.3 is 10.6 Å². The van der Waals surface area contributed by atoms with Crippen LogP contribution in [0.15, 0.2) is 59.4 Å². The van der Waals surface area contributed by atoms with Gasteiger partial charge in [-0.1, -0.05) is 49.4 Å². The Balaban J connectivity index is 1.48. The average molecular weight is 393 g/mol. The summed E-state index contributed by atoms with van der Waals surface area (Å²) in [5, 5.41) is 0. The van der Waals surface area contributed by atoms with Crippen LogP contribution in [-0.2, 0) is 17.9 Å². The second-order valence-electron chi connectivity index (χ2n) is 7.80. The monoisotopic (exact) mass is 392 g/mol. The summed E-state index contributed by atoms with van der Waals surface area (Å²) in [6, 6.07) is 17.9. The number of nitrogens with two attached hydrogens (primary N) is 1. The molecule has 0 spiro atoms. The molecule has 0 bridgehead atoms. The maximum atomic E-state index is 12.9. The summed E-state index contributed by atoms with van der Waals surface area (Å²) in [5.41, 5.74) is 9.28. The van der Waals surface area contributed by atoms with Gasteiger partial charge in [0.05, 0.1) is 11.0 Å². The minimum atomic E-state index is -0.0597. The Morgan fingerprint density at radius 2 is 1.59 bits per heavy atom. The number of carbonyl (C=O) groups is 1. The molecule has 152 valence electrons. The summed E-state index contributed by atoms with van der Waals surface area (Å²) in [4.78, 5) is 27.6. The smallest absolute Gasteiger partial charge is 0.329 e. The standard InChI is InChI=1S/C23H28N4O2/c1-2-13-26-20-10-6-7-11-21(20)27(23(26)29)14-12-22(28)25-15-18(19(24)16-25)17-8-4-3-5-9-17/h3-11,18-19H,2,12-16,24H2,1H3/t18-,19+/m0/s1. The number of imidazole rings is 1. The molecule has 0 radical (unpaired) electrons. The molecule has 4 rings (SSSR count). The highest BCUT2D eigenvalue weighted by Gasteiger charge is 2.33. The molecule has 2 aromatic carbocycles. The fourth-order valence-electron chi connectivity index (χ4n) is 4.38. The van der Waals surface area contributed by atoms with Crippen molar-refractivity contribution in [2.75, 3.05) is 13.1 Å². The zero-order valence-corrected chi connectivity index (χ0v) is 16.8. The van der Waals surface area contributed by atoms with Gasteiger partial charge in [0, 0.05) is 44.6 Å². The van der Waals surface area contributed by atoms with Crippen molar-refractivity contribution in [1.82, 2.24) is 14.0 Å². The van der Waals surface area contributed by atoms with Crippen molar-refractivity contribution >= 4 is 16.9 Å². The molecular formula is C23H28N4O2. The molecule has 0 aliphatic carbocycles. The van der Waals surface area contributed by atoms with Gasteiger partial charge in [-0.15, -0.1) is 0 Å². The Labute approximate surface area is 170 Å². The lowest BCUT2D eigenvalue weighted by Gasteiger charge is -2.16. The number of likely N-dealkylation sites (tertiary alicyclic amines) is 1. The Morgan fingerprint density at radius 1 is 0.966 bits per heavy atom. The van der Waals surface area contributed by atoms with E-state index >= 15 is 0 Å². The third kappa shape index (κ3) is 3.72. The van der Waals surface area contributed by atoms with E-state index in [1.165, 1.54) is 5.56 Å². The van der Waals surface area contributed by atoms with Crippen molar-refractivity contribution in [3.8, 4) is 0 Å². The molecule has 1 saturated heterocycles. The van der Waals surface area contributed by atoms with E-state index in [0.717, 1.165) is 17.5 Å². The predicted molar refractivity (Wildman–Crippen MR) is 115 cm³/mol. The summed E-state index contributed by atoms with van der Waals surface area (Å²) < 4.78 is 3.53. The third-order valence-corrected chi connectivity index (χ3v) is 5.87. The van der Waals surface area contributed by atoms with Crippen LogP contribution in [0.25, 0.3) is 11.0 Å². The molecule has 1 aliphatic heterocycles. The molecule has 1 aromatic heterocycles. The van der Waals surface area contributed by atoms with Crippen molar-refractivity contribution in [2.24, 2.45) is 5.73 Å². The third-order valence-electron chi connectivity index (χ3n) is 5.87. The maximum Gasteiger partial charge on any atom is 0.329 e. The molecule has 6 nitrogen and oxygen atoms in total. The summed E-state index contributed by atoms with van der Waals surface area (Å²) in [6.45, 7) is 4.32. The van der Waals surface area contributed by atoms with Gasteiger partial charge in [0.25, 0.3) is 0 Å². The normalized spacial score (nSPS) is 19.2. The molecular weight excluding hydrogens is 364 g/mol. The minimum Gasteiger partial charge on any atom is -0.340 e. The van der Waals surface area contributed by atoms with Crippen LogP contribution in [0.1, 0.15) is 31.2 Å². The quantitative estimate of drug-likeness (QED) is 0.701. The van der Waals surface area contributed by atoms with Crippen molar-refractivity contribution in [1.29, 1.82) is 0 Å². The van der Waals surface area contributed by atoms with Crippen molar-refractivity contribution in [3.63, 3.8) is 0 Å². The molecule has 6 heteroatoms. The number of fused-ring (bicyclic) bond motifs is 1. The fraction of sp³-hybridized carbons (Fsp3) is 0.391. The number of amides is 1. The van der Waals surface area contributed by atoms with E-state index in [4.69, 9.17) is 5.73 Å². The molecule has 1 fully saturated rings. The van der Waals surface area contributed by atoms with Crippen LogP contribution in [0.2, 0.25) is 0 Å². The number of rotatable bonds is 6. The van der Waals surface area contributed by atoms with E-state index < -0.39 is 0 Å². The summed E-state index contributed by atoms with van der Waals surface area (Å²) in [5.74, 6) is 0.215. The molecule has 2 heterocycles. The number of aromatic nitrogens is 2. The van der Waals surface area contributed by atoms with Crippen LogP contribution in [0.5, 0.6) is 0 Å². The highest BCUT2D eigenvalue weighted by molar-refractivity contribution is 5.78. The lowest BCUT2D eigenvalue weighted by molar-refractivity contribution is -0.130. The van der Waals surface area contributed by atoms with Gasteiger partial charge in [-0.05, 0) is 24.1 Å². The number of aryl methyl sites for hydroxylation is 2. The van der Waals surface area contributed by atoms with Gasteiger partial charge in [-0.2, -0.15) is 0 Å². The summed E-state index contributed by atoms with van der Waals surface area (Å²) >= 11 is 0.